The minimum atomic E-state index is -1.01. The summed E-state index contributed by atoms with van der Waals surface area (Å²) in [7, 11) is 1.40. The zero-order valence-corrected chi connectivity index (χ0v) is 15.5. The third-order valence-electron chi connectivity index (χ3n) is 4.13. The molecule has 6 heteroatoms. The summed E-state index contributed by atoms with van der Waals surface area (Å²) in [5.74, 6) is -1.87. The lowest BCUT2D eigenvalue weighted by atomic mass is 10.0. The number of ether oxygens (including phenoxy) is 3. The van der Waals surface area contributed by atoms with Gasteiger partial charge in [0, 0.05) is 5.56 Å². The van der Waals surface area contributed by atoms with E-state index < -0.39 is 17.5 Å². The van der Waals surface area contributed by atoms with Crippen molar-refractivity contribution in [1.82, 2.24) is 0 Å². The molecule has 3 nitrogen and oxygen atoms in total. The molecule has 0 unspecified atom stereocenters. The van der Waals surface area contributed by atoms with Crippen molar-refractivity contribution in [3.63, 3.8) is 0 Å². The summed E-state index contributed by atoms with van der Waals surface area (Å²) < 4.78 is 57.6. The van der Waals surface area contributed by atoms with Crippen LogP contribution in [0, 0.1) is 17.5 Å². The first-order chi connectivity index (χ1) is 13.5. The van der Waals surface area contributed by atoms with Crippen molar-refractivity contribution in [3.8, 4) is 28.4 Å². The van der Waals surface area contributed by atoms with E-state index >= 15 is 0 Å². The van der Waals surface area contributed by atoms with E-state index in [9.17, 15) is 13.2 Å². The first-order valence-corrected chi connectivity index (χ1v) is 8.70. The second kappa shape index (κ2) is 8.69. The molecular formula is C22H19F3O3. The standard InChI is InChI=1S/C22H19F3O3/c1-3-27-20-11-9-17(21(24)22(20)25)15-5-7-16(8-6-15)28-13-14-4-10-19(26-2)18(23)12-14/h4-12H,3,13H2,1-2H3. The van der Waals surface area contributed by atoms with Gasteiger partial charge < -0.3 is 14.2 Å². The molecule has 0 spiro atoms. The Balaban J connectivity index is 1.72. The Morgan fingerprint density at radius 2 is 1.50 bits per heavy atom. The monoisotopic (exact) mass is 388 g/mol. The smallest absolute Gasteiger partial charge is 0.201 e. The number of hydrogen-bond acceptors (Lipinski definition) is 3. The summed E-state index contributed by atoms with van der Waals surface area (Å²) in [6.45, 7) is 2.11. The molecule has 0 N–H and O–H groups in total. The summed E-state index contributed by atoms with van der Waals surface area (Å²) >= 11 is 0. The average molecular weight is 388 g/mol. The predicted molar refractivity (Wildman–Crippen MR) is 100 cm³/mol. The molecule has 3 aromatic carbocycles. The molecule has 0 aromatic heterocycles. The van der Waals surface area contributed by atoms with Gasteiger partial charge in [-0.05, 0) is 54.4 Å². The molecule has 0 bridgehead atoms. The van der Waals surface area contributed by atoms with Crippen LogP contribution in [0.3, 0.4) is 0 Å². The van der Waals surface area contributed by atoms with Crippen molar-refractivity contribution in [2.75, 3.05) is 13.7 Å². The second-order valence-electron chi connectivity index (χ2n) is 5.95. The zero-order chi connectivity index (χ0) is 20.1. The number of methoxy groups -OCH3 is 1. The molecule has 146 valence electrons. The molecule has 0 radical (unpaired) electrons. The van der Waals surface area contributed by atoms with E-state index in [1.807, 2.05) is 0 Å². The van der Waals surface area contributed by atoms with E-state index in [0.717, 1.165) is 0 Å². The van der Waals surface area contributed by atoms with Crippen LogP contribution in [0.5, 0.6) is 17.2 Å². The molecule has 0 saturated heterocycles. The maximum atomic E-state index is 14.3. The quantitative estimate of drug-likeness (QED) is 0.515. The van der Waals surface area contributed by atoms with Crippen molar-refractivity contribution in [1.29, 1.82) is 0 Å². The maximum Gasteiger partial charge on any atom is 0.201 e. The number of rotatable bonds is 7. The van der Waals surface area contributed by atoms with Gasteiger partial charge in [-0.1, -0.05) is 18.2 Å². The van der Waals surface area contributed by atoms with Crippen LogP contribution in [-0.2, 0) is 6.61 Å². The van der Waals surface area contributed by atoms with Crippen LogP contribution in [0.4, 0.5) is 13.2 Å². The SMILES string of the molecule is CCOc1ccc(-c2ccc(OCc3ccc(OC)c(F)c3)cc2)c(F)c1F. The lowest BCUT2D eigenvalue weighted by molar-refractivity contribution is 0.304. The first kappa shape index (κ1) is 19.6. The van der Waals surface area contributed by atoms with Gasteiger partial charge in [-0.3, -0.25) is 0 Å². The molecule has 0 amide bonds. The largest absolute Gasteiger partial charge is 0.494 e. The van der Waals surface area contributed by atoms with E-state index in [2.05, 4.69) is 0 Å². The fourth-order valence-electron chi connectivity index (χ4n) is 2.72. The Morgan fingerprint density at radius 3 is 2.14 bits per heavy atom. The van der Waals surface area contributed by atoms with Crippen molar-refractivity contribution in [3.05, 3.63) is 77.6 Å². The fraction of sp³-hybridized carbons (Fsp3) is 0.182. The van der Waals surface area contributed by atoms with Gasteiger partial charge in [-0.2, -0.15) is 4.39 Å². The van der Waals surface area contributed by atoms with Gasteiger partial charge in [-0.15, -0.1) is 0 Å². The molecule has 0 heterocycles. The van der Waals surface area contributed by atoms with Crippen molar-refractivity contribution in [2.45, 2.75) is 13.5 Å². The molecule has 0 fully saturated rings. The molecular weight excluding hydrogens is 369 g/mol. The number of halogens is 3. The summed E-state index contributed by atoms with van der Waals surface area (Å²) in [4.78, 5) is 0. The molecule has 0 aliphatic rings. The lowest BCUT2D eigenvalue weighted by Gasteiger charge is -2.11. The van der Waals surface area contributed by atoms with Crippen LogP contribution in [0.25, 0.3) is 11.1 Å². The van der Waals surface area contributed by atoms with Gasteiger partial charge in [0.2, 0.25) is 5.82 Å². The molecule has 3 rings (SSSR count). The van der Waals surface area contributed by atoms with Crippen LogP contribution >= 0.6 is 0 Å². The number of hydrogen-bond donors (Lipinski definition) is 0. The molecule has 0 atom stereocenters. The van der Waals surface area contributed by atoms with E-state index in [4.69, 9.17) is 14.2 Å². The third-order valence-corrected chi connectivity index (χ3v) is 4.13. The number of benzene rings is 3. The van der Waals surface area contributed by atoms with Gasteiger partial charge >= 0.3 is 0 Å². The van der Waals surface area contributed by atoms with Crippen LogP contribution in [-0.4, -0.2) is 13.7 Å². The van der Waals surface area contributed by atoms with E-state index in [-0.39, 0.29) is 30.3 Å². The topological polar surface area (TPSA) is 27.7 Å². The van der Waals surface area contributed by atoms with Gasteiger partial charge in [0.1, 0.15) is 12.4 Å². The fourth-order valence-corrected chi connectivity index (χ4v) is 2.72. The predicted octanol–water partition coefficient (Wildman–Crippen LogP) is 5.76. The van der Waals surface area contributed by atoms with Crippen LogP contribution in [0.1, 0.15) is 12.5 Å². The minimum absolute atomic E-state index is 0.115. The van der Waals surface area contributed by atoms with Gasteiger partial charge in [0.25, 0.3) is 0 Å². The van der Waals surface area contributed by atoms with Crippen molar-refractivity contribution in [2.24, 2.45) is 0 Å². The summed E-state index contributed by atoms with van der Waals surface area (Å²) in [6, 6.07) is 14.0. The zero-order valence-electron chi connectivity index (χ0n) is 15.5. The van der Waals surface area contributed by atoms with E-state index in [0.29, 0.717) is 16.9 Å². The lowest BCUT2D eigenvalue weighted by Crippen LogP contribution is -1.99. The van der Waals surface area contributed by atoms with Crippen molar-refractivity contribution >= 4 is 0 Å². The van der Waals surface area contributed by atoms with E-state index in [1.165, 1.54) is 31.4 Å². The van der Waals surface area contributed by atoms with Gasteiger partial charge in [0.05, 0.1) is 13.7 Å². The summed E-state index contributed by atoms with van der Waals surface area (Å²) in [5, 5.41) is 0. The Bertz CT molecular complexity index is 956. The third kappa shape index (κ3) is 4.22. The van der Waals surface area contributed by atoms with Crippen LogP contribution in [0.2, 0.25) is 0 Å². The maximum absolute atomic E-state index is 14.3. The molecule has 28 heavy (non-hydrogen) atoms. The highest BCUT2D eigenvalue weighted by Crippen LogP contribution is 2.31. The van der Waals surface area contributed by atoms with Gasteiger partial charge in [0.15, 0.2) is 23.1 Å². The average Bonchev–Trinajstić information content (AvgIpc) is 2.71. The molecule has 3 aromatic rings. The van der Waals surface area contributed by atoms with Crippen LogP contribution < -0.4 is 14.2 Å². The first-order valence-electron chi connectivity index (χ1n) is 8.70. The normalized spacial score (nSPS) is 10.6. The Hall–Kier alpha value is -3.15. The molecule has 0 aliphatic carbocycles. The highest BCUT2D eigenvalue weighted by Gasteiger charge is 2.15. The Labute approximate surface area is 161 Å². The Kier molecular flexibility index (Phi) is 6.09. The second-order valence-corrected chi connectivity index (χ2v) is 5.95. The van der Waals surface area contributed by atoms with Gasteiger partial charge in [-0.25, -0.2) is 8.78 Å². The van der Waals surface area contributed by atoms with Crippen molar-refractivity contribution < 1.29 is 27.4 Å². The van der Waals surface area contributed by atoms with Crippen LogP contribution in [0.15, 0.2) is 54.6 Å². The summed E-state index contributed by atoms with van der Waals surface area (Å²) in [6.07, 6.45) is 0. The molecule has 0 aliphatic heterocycles. The minimum Gasteiger partial charge on any atom is -0.494 e. The Morgan fingerprint density at radius 1 is 0.786 bits per heavy atom. The highest BCUT2D eigenvalue weighted by molar-refractivity contribution is 5.66. The summed E-state index contributed by atoms with van der Waals surface area (Å²) in [5.41, 5.74) is 1.27. The van der Waals surface area contributed by atoms with E-state index in [1.54, 1.807) is 37.3 Å². The molecule has 0 saturated carbocycles. The highest BCUT2D eigenvalue weighted by atomic mass is 19.2.